The third kappa shape index (κ3) is 4.96. The summed E-state index contributed by atoms with van der Waals surface area (Å²) in [6, 6.07) is 3.25. The summed E-state index contributed by atoms with van der Waals surface area (Å²) in [6.45, 7) is 4.00. The molecule has 2 N–H and O–H groups in total. The fourth-order valence-electron chi connectivity index (χ4n) is 1.82. The summed E-state index contributed by atoms with van der Waals surface area (Å²) in [4.78, 5) is 10.7. The average molecular weight is 372 g/mol. The second-order valence-corrected chi connectivity index (χ2v) is 4.60. The Bertz CT molecular complexity index is 854. The van der Waals surface area contributed by atoms with Gasteiger partial charge in [-0.2, -0.15) is 13.2 Å². The van der Waals surface area contributed by atoms with Crippen LogP contribution in [0.15, 0.2) is 30.3 Å². The molecule has 0 aliphatic rings. The zero-order chi connectivity index (χ0) is 20.1. The monoisotopic (exact) mass is 372 g/mol. The van der Waals surface area contributed by atoms with Crippen LogP contribution in [0.25, 0.3) is 0 Å². The van der Waals surface area contributed by atoms with Gasteiger partial charge in [0.1, 0.15) is 17.4 Å². The molecular weight excluding hydrogens is 359 g/mol. The minimum atomic E-state index is -4.83. The number of aromatic hydroxyl groups is 1. The van der Waals surface area contributed by atoms with Crippen molar-refractivity contribution in [2.75, 3.05) is 0 Å². The molecule has 0 spiro atoms. The molecular formula is C18H13F5O3. The molecule has 0 aliphatic heterocycles. The second-order valence-electron chi connectivity index (χ2n) is 4.60. The third-order valence-electron chi connectivity index (χ3n) is 2.92. The van der Waals surface area contributed by atoms with Crippen LogP contribution in [0.2, 0.25) is 0 Å². The molecule has 0 saturated carbocycles. The summed E-state index contributed by atoms with van der Waals surface area (Å²) in [7, 11) is 0. The highest BCUT2D eigenvalue weighted by molar-refractivity contribution is 5.87. The van der Waals surface area contributed by atoms with Gasteiger partial charge in [0, 0.05) is 5.56 Å². The van der Waals surface area contributed by atoms with E-state index in [0.717, 1.165) is 12.1 Å². The van der Waals surface area contributed by atoms with Gasteiger partial charge in [-0.15, -0.1) is 0 Å². The zero-order valence-corrected chi connectivity index (χ0v) is 13.6. The molecule has 0 saturated heterocycles. The van der Waals surface area contributed by atoms with Crippen molar-refractivity contribution in [1.82, 2.24) is 0 Å². The molecule has 138 valence electrons. The molecule has 2 aromatic rings. The van der Waals surface area contributed by atoms with Crippen LogP contribution < -0.4 is 0 Å². The number of carboxylic acid groups (broad SMARTS) is 1. The summed E-state index contributed by atoms with van der Waals surface area (Å²) in [6.07, 6.45) is -4.83. The summed E-state index contributed by atoms with van der Waals surface area (Å²) in [5.41, 5.74) is -3.38. The lowest BCUT2D eigenvalue weighted by atomic mass is 10.1. The lowest BCUT2D eigenvalue weighted by Crippen LogP contribution is -2.07. The van der Waals surface area contributed by atoms with Crippen molar-refractivity contribution in [3.05, 3.63) is 64.2 Å². The molecule has 26 heavy (non-hydrogen) atoms. The van der Waals surface area contributed by atoms with E-state index >= 15 is 0 Å². The molecule has 0 aliphatic carbocycles. The van der Waals surface area contributed by atoms with E-state index in [1.165, 1.54) is 0 Å². The maximum Gasteiger partial charge on any atom is 0.417 e. The molecule has 0 aromatic heterocycles. The van der Waals surface area contributed by atoms with Crippen molar-refractivity contribution in [3.63, 3.8) is 0 Å². The predicted molar refractivity (Wildman–Crippen MR) is 83.8 cm³/mol. The first-order valence-corrected chi connectivity index (χ1v) is 7.24. The van der Waals surface area contributed by atoms with Crippen LogP contribution in [0.4, 0.5) is 22.0 Å². The Morgan fingerprint density at radius 2 is 1.54 bits per heavy atom. The van der Waals surface area contributed by atoms with Crippen molar-refractivity contribution in [1.29, 1.82) is 0 Å². The number of aromatic carboxylic acids is 1. The number of phenols is 1. The van der Waals surface area contributed by atoms with Gasteiger partial charge in [0.25, 0.3) is 0 Å². The Morgan fingerprint density at radius 3 is 2.00 bits per heavy atom. The van der Waals surface area contributed by atoms with Crippen molar-refractivity contribution in [3.8, 4) is 17.6 Å². The minimum absolute atomic E-state index is 0.435. The normalized spacial score (nSPS) is 10.3. The Kier molecular flexibility index (Phi) is 6.72. The van der Waals surface area contributed by atoms with Crippen LogP contribution in [0.5, 0.6) is 5.75 Å². The van der Waals surface area contributed by atoms with Crippen LogP contribution in [-0.2, 0) is 6.18 Å². The number of phenolic OH excluding ortho intramolecular Hbond substituents is 1. The quantitative estimate of drug-likeness (QED) is 0.558. The van der Waals surface area contributed by atoms with E-state index < -0.39 is 51.8 Å². The highest BCUT2D eigenvalue weighted by Gasteiger charge is 2.33. The van der Waals surface area contributed by atoms with Crippen LogP contribution in [-0.4, -0.2) is 16.2 Å². The topological polar surface area (TPSA) is 57.5 Å². The number of rotatable bonds is 1. The molecule has 0 unspecified atom stereocenters. The van der Waals surface area contributed by atoms with Gasteiger partial charge in [0.05, 0.1) is 16.7 Å². The molecule has 2 aromatic carbocycles. The lowest BCUT2D eigenvalue weighted by molar-refractivity contribution is -0.137. The number of alkyl halides is 3. The van der Waals surface area contributed by atoms with Gasteiger partial charge in [0.2, 0.25) is 0 Å². The number of halogens is 5. The van der Waals surface area contributed by atoms with E-state index in [9.17, 15) is 26.7 Å². The first-order valence-electron chi connectivity index (χ1n) is 7.24. The van der Waals surface area contributed by atoms with Crippen molar-refractivity contribution >= 4 is 5.97 Å². The van der Waals surface area contributed by atoms with Gasteiger partial charge in [-0.3, -0.25) is 0 Å². The summed E-state index contributed by atoms with van der Waals surface area (Å²) < 4.78 is 66.0. The third-order valence-corrected chi connectivity index (χ3v) is 2.92. The van der Waals surface area contributed by atoms with Crippen molar-refractivity contribution < 1.29 is 37.0 Å². The van der Waals surface area contributed by atoms with E-state index in [-0.39, 0.29) is 0 Å². The molecule has 0 atom stereocenters. The predicted octanol–water partition coefficient (Wildman–Crippen LogP) is 4.81. The zero-order valence-electron chi connectivity index (χ0n) is 13.6. The van der Waals surface area contributed by atoms with E-state index in [2.05, 4.69) is 0 Å². The molecule has 0 fully saturated rings. The molecule has 0 radical (unpaired) electrons. The standard InChI is InChI=1S/C16H7F5O3.C2H6/c17-13-5-9(15(23)24)6-14(18)11(13)4-2-8-1-3-10(22)7-12(8)16(19,20)21;1-2/h1,3,5-7,22H,(H,23,24);1-2H3. The Hall–Kier alpha value is -3.08. The van der Waals surface area contributed by atoms with Gasteiger partial charge >= 0.3 is 12.1 Å². The second kappa shape index (κ2) is 8.34. The summed E-state index contributed by atoms with van der Waals surface area (Å²) in [5, 5.41) is 17.8. The Morgan fingerprint density at radius 1 is 1.00 bits per heavy atom. The summed E-state index contributed by atoms with van der Waals surface area (Å²) in [5.74, 6) is -0.926. The maximum atomic E-state index is 13.7. The minimum Gasteiger partial charge on any atom is -0.508 e. The van der Waals surface area contributed by atoms with Gasteiger partial charge in [0.15, 0.2) is 0 Å². The van der Waals surface area contributed by atoms with Crippen LogP contribution >= 0.6 is 0 Å². The largest absolute Gasteiger partial charge is 0.508 e. The molecule has 8 heteroatoms. The number of hydrogen-bond acceptors (Lipinski definition) is 2. The number of carbonyl (C=O) groups is 1. The fourth-order valence-corrected chi connectivity index (χ4v) is 1.82. The molecule has 2 rings (SSSR count). The first kappa shape index (κ1) is 21.0. The van der Waals surface area contributed by atoms with Gasteiger partial charge < -0.3 is 10.2 Å². The molecule has 0 bridgehead atoms. The number of benzene rings is 2. The van der Waals surface area contributed by atoms with Gasteiger partial charge in [-0.25, -0.2) is 13.6 Å². The lowest BCUT2D eigenvalue weighted by Gasteiger charge is -2.09. The first-order chi connectivity index (χ1) is 12.1. The van der Waals surface area contributed by atoms with Crippen molar-refractivity contribution in [2.24, 2.45) is 0 Å². The Balaban J connectivity index is 0.00000163. The van der Waals surface area contributed by atoms with E-state index in [4.69, 9.17) is 10.2 Å². The maximum absolute atomic E-state index is 13.7. The number of hydrogen-bond donors (Lipinski definition) is 2. The van der Waals surface area contributed by atoms with Crippen LogP contribution in [0.1, 0.15) is 40.9 Å². The molecule has 0 amide bonds. The number of carboxylic acids is 1. The average Bonchev–Trinajstić information content (AvgIpc) is 2.55. The smallest absolute Gasteiger partial charge is 0.417 e. The van der Waals surface area contributed by atoms with Gasteiger partial charge in [-0.05, 0) is 30.3 Å². The van der Waals surface area contributed by atoms with E-state index in [0.29, 0.717) is 18.2 Å². The van der Waals surface area contributed by atoms with Crippen LogP contribution in [0.3, 0.4) is 0 Å². The highest BCUT2D eigenvalue weighted by Crippen LogP contribution is 2.33. The highest BCUT2D eigenvalue weighted by atomic mass is 19.4. The van der Waals surface area contributed by atoms with Gasteiger partial charge in [-0.1, -0.05) is 25.7 Å². The summed E-state index contributed by atoms with van der Waals surface area (Å²) >= 11 is 0. The SMILES string of the molecule is CC.O=C(O)c1cc(F)c(C#Cc2ccc(O)cc2C(F)(F)F)c(F)c1. The molecule has 0 heterocycles. The molecule has 3 nitrogen and oxygen atoms in total. The van der Waals surface area contributed by atoms with Crippen LogP contribution in [0, 0.1) is 23.5 Å². The van der Waals surface area contributed by atoms with Crippen molar-refractivity contribution in [2.45, 2.75) is 20.0 Å². The fraction of sp³-hybridized carbons (Fsp3) is 0.167. The van der Waals surface area contributed by atoms with E-state index in [1.54, 1.807) is 0 Å². The van der Waals surface area contributed by atoms with E-state index in [1.807, 2.05) is 25.7 Å². The Labute approximate surface area is 145 Å².